The average molecular weight is 683 g/mol. The van der Waals surface area contributed by atoms with Crippen LogP contribution in [0.25, 0.3) is 0 Å². The van der Waals surface area contributed by atoms with Crippen molar-refractivity contribution in [3.63, 3.8) is 0 Å². The summed E-state index contributed by atoms with van der Waals surface area (Å²) >= 11 is 0. The summed E-state index contributed by atoms with van der Waals surface area (Å²) in [6.45, 7) is 12.8. The van der Waals surface area contributed by atoms with E-state index in [0.717, 1.165) is 6.92 Å². The molecule has 3 fully saturated rings. The first kappa shape index (κ1) is 39.4. The van der Waals surface area contributed by atoms with Gasteiger partial charge in [-0.3, -0.25) is 14.4 Å². The first-order chi connectivity index (χ1) is 21.5. The molecule has 3 rings (SSSR count). The fourth-order valence-corrected chi connectivity index (χ4v) is 5.01. The van der Waals surface area contributed by atoms with E-state index >= 15 is 0 Å². The Morgan fingerprint density at radius 2 is 1.11 bits per heavy atom. The van der Waals surface area contributed by atoms with E-state index in [4.69, 9.17) is 37.9 Å². The molecule has 0 saturated carbocycles. The van der Waals surface area contributed by atoms with Crippen molar-refractivity contribution in [2.75, 3.05) is 6.61 Å². The van der Waals surface area contributed by atoms with E-state index in [2.05, 4.69) is 0 Å². The molecule has 15 atom stereocenters. The summed E-state index contributed by atoms with van der Waals surface area (Å²) in [5, 5.41) is 63.7. The van der Waals surface area contributed by atoms with Crippen LogP contribution in [0.15, 0.2) is 0 Å². The van der Waals surface area contributed by atoms with Crippen molar-refractivity contribution < 1.29 is 82.9 Å². The minimum absolute atomic E-state index is 0.560. The first-order valence-corrected chi connectivity index (χ1v) is 15.5. The molecule has 0 aromatic heterocycles. The molecule has 0 aliphatic carbocycles. The standard InChI is InChI=1S/C30H50O17/c1-11-15(32)17(34)19(36)25(41-11)45-20-14(10-40-27(38)29(4,5)6)44-24(37)23(22(20)47-28(39)30(7,8)9)46-26-21(43-13(3)31)18(35)16(33)12(2)42-26/h11-12,14-26,32-37H,10H2,1-9H3/t11?,12?,14?,15-,16-,17?,18?,19-,20+,21-,22?,23-,24+,25-,26-/m0/s1. The van der Waals surface area contributed by atoms with Crippen LogP contribution in [0.5, 0.6) is 0 Å². The second-order valence-electron chi connectivity index (χ2n) is 14.2. The zero-order chi connectivity index (χ0) is 35.8. The van der Waals surface area contributed by atoms with Gasteiger partial charge in [-0.2, -0.15) is 0 Å². The number of rotatable bonds is 8. The minimum Gasteiger partial charge on any atom is -0.462 e. The molecule has 6 N–H and O–H groups in total. The van der Waals surface area contributed by atoms with Gasteiger partial charge >= 0.3 is 17.9 Å². The van der Waals surface area contributed by atoms with E-state index in [1.165, 1.54) is 13.8 Å². The summed E-state index contributed by atoms with van der Waals surface area (Å²) < 4.78 is 45.6. The van der Waals surface area contributed by atoms with Crippen molar-refractivity contribution >= 4 is 17.9 Å². The lowest BCUT2D eigenvalue weighted by Gasteiger charge is -2.49. The van der Waals surface area contributed by atoms with Gasteiger partial charge in [0, 0.05) is 6.92 Å². The molecule has 17 heteroatoms. The summed E-state index contributed by atoms with van der Waals surface area (Å²) in [4.78, 5) is 37.9. The van der Waals surface area contributed by atoms with Gasteiger partial charge in [-0.1, -0.05) is 0 Å². The molecule has 3 saturated heterocycles. The number of carbonyl (C=O) groups excluding carboxylic acids is 3. The highest BCUT2D eigenvalue weighted by atomic mass is 16.8. The van der Waals surface area contributed by atoms with Gasteiger partial charge in [0.1, 0.15) is 49.3 Å². The van der Waals surface area contributed by atoms with Crippen LogP contribution in [-0.2, 0) is 52.3 Å². The molecule has 0 radical (unpaired) electrons. The van der Waals surface area contributed by atoms with Crippen LogP contribution in [0.1, 0.15) is 62.3 Å². The summed E-state index contributed by atoms with van der Waals surface area (Å²) in [6, 6.07) is 0. The topological polar surface area (TPSA) is 246 Å². The van der Waals surface area contributed by atoms with Gasteiger partial charge in [-0.15, -0.1) is 0 Å². The summed E-state index contributed by atoms with van der Waals surface area (Å²) in [6.07, 6.45) is -23.6. The van der Waals surface area contributed by atoms with E-state index < -0.39 is 127 Å². The number of carbonyl (C=O) groups is 3. The van der Waals surface area contributed by atoms with Gasteiger partial charge in [-0.25, -0.2) is 0 Å². The van der Waals surface area contributed by atoms with Crippen LogP contribution in [0, 0.1) is 10.8 Å². The molecule has 0 aromatic rings. The van der Waals surface area contributed by atoms with E-state index in [1.54, 1.807) is 41.5 Å². The highest BCUT2D eigenvalue weighted by Gasteiger charge is 2.56. The SMILES string of the molecule is CC(=O)O[C@H]1C(O)[C@@H](O)C(C)O[C@H]1O[C@H]1C(OC(=O)C(C)(C)C)[C@H](O[C@@H]2OC(C)[C@H](O)C(O)[C@@H]2O)C(COC(=O)C(C)(C)C)O[C@H]1O. The van der Waals surface area contributed by atoms with Crippen molar-refractivity contribution in [2.45, 2.75) is 154 Å². The predicted molar refractivity (Wildman–Crippen MR) is 155 cm³/mol. The van der Waals surface area contributed by atoms with Crippen LogP contribution < -0.4 is 0 Å². The van der Waals surface area contributed by atoms with Crippen LogP contribution in [0.2, 0.25) is 0 Å². The molecule has 3 aliphatic rings. The van der Waals surface area contributed by atoms with E-state index in [9.17, 15) is 45.0 Å². The third kappa shape index (κ3) is 9.36. The van der Waals surface area contributed by atoms with Crippen LogP contribution in [0.3, 0.4) is 0 Å². The van der Waals surface area contributed by atoms with Crippen LogP contribution in [0.4, 0.5) is 0 Å². The second-order valence-corrected chi connectivity index (χ2v) is 14.2. The maximum Gasteiger partial charge on any atom is 0.311 e. The lowest BCUT2D eigenvalue weighted by Crippen LogP contribution is -2.67. The van der Waals surface area contributed by atoms with Crippen molar-refractivity contribution in [1.29, 1.82) is 0 Å². The largest absolute Gasteiger partial charge is 0.462 e. The highest BCUT2D eigenvalue weighted by Crippen LogP contribution is 2.35. The Balaban J connectivity index is 2.06. The molecular formula is C30H50O17. The number of ether oxygens (including phenoxy) is 8. The molecule has 0 aromatic carbocycles. The Morgan fingerprint density at radius 1 is 0.596 bits per heavy atom. The fraction of sp³-hybridized carbons (Fsp3) is 0.900. The van der Waals surface area contributed by atoms with Gasteiger partial charge in [0.2, 0.25) is 0 Å². The molecule has 17 nitrogen and oxygen atoms in total. The maximum absolute atomic E-state index is 13.3. The number of aliphatic hydroxyl groups is 6. The Hall–Kier alpha value is -2.03. The van der Waals surface area contributed by atoms with Crippen LogP contribution >= 0.6 is 0 Å². The molecule has 0 amide bonds. The molecule has 3 aliphatic heterocycles. The zero-order valence-corrected chi connectivity index (χ0v) is 28.0. The molecule has 3 heterocycles. The van der Waals surface area contributed by atoms with Gasteiger partial charge < -0.3 is 68.5 Å². The zero-order valence-electron chi connectivity index (χ0n) is 28.0. The molecule has 272 valence electrons. The lowest BCUT2D eigenvalue weighted by molar-refractivity contribution is -0.381. The Labute approximate surface area is 272 Å². The quantitative estimate of drug-likeness (QED) is 0.123. The van der Waals surface area contributed by atoms with Gasteiger partial charge in [0.15, 0.2) is 37.2 Å². The van der Waals surface area contributed by atoms with E-state index in [1.807, 2.05) is 0 Å². The predicted octanol–water partition coefficient (Wildman–Crippen LogP) is -1.75. The van der Waals surface area contributed by atoms with Crippen LogP contribution in [-0.4, -0.2) is 147 Å². The molecule has 0 spiro atoms. The summed E-state index contributed by atoms with van der Waals surface area (Å²) in [7, 11) is 0. The fourth-order valence-electron chi connectivity index (χ4n) is 5.01. The number of aliphatic hydroxyl groups excluding tert-OH is 6. The summed E-state index contributed by atoms with van der Waals surface area (Å²) in [5.74, 6) is -2.33. The van der Waals surface area contributed by atoms with E-state index in [-0.39, 0.29) is 0 Å². The monoisotopic (exact) mass is 682 g/mol. The average Bonchev–Trinajstić information content (AvgIpc) is 2.95. The second kappa shape index (κ2) is 15.2. The van der Waals surface area contributed by atoms with Gasteiger partial charge in [-0.05, 0) is 55.4 Å². The molecule has 0 bridgehead atoms. The van der Waals surface area contributed by atoms with Crippen molar-refractivity contribution in [1.82, 2.24) is 0 Å². The molecule has 6 unspecified atom stereocenters. The highest BCUT2D eigenvalue weighted by molar-refractivity contribution is 5.76. The third-order valence-corrected chi connectivity index (χ3v) is 7.93. The Kier molecular flexibility index (Phi) is 12.8. The van der Waals surface area contributed by atoms with Crippen molar-refractivity contribution in [2.24, 2.45) is 10.8 Å². The third-order valence-electron chi connectivity index (χ3n) is 7.93. The smallest absolute Gasteiger partial charge is 0.311 e. The summed E-state index contributed by atoms with van der Waals surface area (Å²) in [5.41, 5.74) is -2.07. The first-order valence-electron chi connectivity index (χ1n) is 15.5. The molecule has 47 heavy (non-hydrogen) atoms. The van der Waals surface area contributed by atoms with E-state index in [0.29, 0.717) is 0 Å². The number of esters is 3. The Morgan fingerprint density at radius 3 is 1.64 bits per heavy atom. The Bertz CT molecular complexity index is 1090. The minimum atomic E-state index is -1.96. The normalized spacial score (nSPS) is 41.6. The number of hydrogen-bond donors (Lipinski definition) is 6. The van der Waals surface area contributed by atoms with Gasteiger partial charge in [0.05, 0.1) is 23.0 Å². The van der Waals surface area contributed by atoms with Crippen molar-refractivity contribution in [3.05, 3.63) is 0 Å². The van der Waals surface area contributed by atoms with Gasteiger partial charge in [0.25, 0.3) is 0 Å². The lowest BCUT2D eigenvalue weighted by atomic mass is 9.94. The maximum atomic E-state index is 13.3. The van der Waals surface area contributed by atoms with Crippen molar-refractivity contribution in [3.8, 4) is 0 Å². The number of hydrogen-bond acceptors (Lipinski definition) is 17. The molecular weight excluding hydrogens is 632 g/mol.